The molecular formula is C11H12ClO. The van der Waals surface area contributed by atoms with Crippen molar-refractivity contribution in [1.82, 2.24) is 0 Å². The van der Waals surface area contributed by atoms with Crippen LogP contribution in [0.25, 0.3) is 0 Å². The van der Waals surface area contributed by atoms with Gasteiger partial charge in [0.2, 0.25) is 0 Å². The molecule has 0 aliphatic carbocycles. The van der Waals surface area contributed by atoms with Crippen LogP contribution in [-0.2, 0) is 0 Å². The fourth-order valence-corrected chi connectivity index (χ4v) is 1.24. The average Bonchev–Trinajstić information content (AvgIpc) is 2.17. The topological polar surface area (TPSA) is 9.23 Å². The van der Waals surface area contributed by atoms with E-state index in [2.05, 4.69) is 13.5 Å². The summed E-state index contributed by atoms with van der Waals surface area (Å²) in [6, 6.07) is 5.60. The molecule has 1 atom stereocenters. The van der Waals surface area contributed by atoms with Crippen molar-refractivity contribution in [2.45, 2.75) is 5.92 Å². The van der Waals surface area contributed by atoms with Crippen LogP contribution in [0.4, 0.5) is 0 Å². The lowest BCUT2D eigenvalue weighted by molar-refractivity contribution is 0.414. The molecule has 0 amide bonds. The van der Waals surface area contributed by atoms with Crippen LogP contribution in [0.3, 0.4) is 0 Å². The summed E-state index contributed by atoms with van der Waals surface area (Å²) in [5, 5.41) is 0.613. The summed E-state index contributed by atoms with van der Waals surface area (Å²) >= 11 is 5.87. The zero-order chi connectivity index (χ0) is 9.84. The van der Waals surface area contributed by atoms with E-state index in [9.17, 15) is 0 Å². The first kappa shape index (κ1) is 10.1. The molecule has 0 heterocycles. The molecule has 0 saturated carbocycles. The summed E-state index contributed by atoms with van der Waals surface area (Å²) in [5.74, 6) is 0.751. The minimum Gasteiger partial charge on any atom is -0.495 e. The SMILES string of the molecule is [CH2]C(C=C)c1ccc(Cl)c(OC)c1. The molecule has 0 saturated heterocycles. The highest BCUT2D eigenvalue weighted by Crippen LogP contribution is 2.28. The fourth-order valence-electron chi connectivity index (χ4n) is 1.04. The molecule has 1 radical (unpaired) electrons. The molecule has 2 heteroatoms. The molecule has 1 rings (SSSR count). The predicted molar refractivity (Wildman–Crippen MR) is 56.3 cm³/mol. The Morgan fingerprint density at radius 3 is 2.77 bits per heavy atom. The lowest BCUT2D eigenvalue weighted by Gasteiger charge is -2.09. The van der Waals surface area contributed by atoms with Crippen molar-refractivity contribution in [3.63, 3.8) is 0 Å². The number of halogens is 1. The minimum absolute atomic E-state index is 0.0752. The Kier molecular flexibility index (Phi) is 3.38. The summed E-state index contributed by atoms with van der Waals surface area (Å²) in [6.07, 6.45) is 1.78. The second kappa shape index (κ2) is 4.33. The molecule has 1 nitrogen and oxygen atoms in total. The van der Waals surface area contributed by atoms with Crippen LogP contribution in [0.15, 0.2) is 30.9 Å². The van der Waals surface area contributed by atoms with Crippen molar-refractivity contribution in [2.75, 3.05) is 7.11 Å². The Balaban J connectivity index is 3.05. The minimum atomic E-state index is 0.0752. The number of benzene rings is 1. The van der Waals surface area contributed by atoms with Gasteiger partial charge in [-0.25, -0.2) is 0 Å². The van der Waals surface area contributed by atoms with Gasteiger partial charge in [-0.1, -0.05) is 23.7 Å². The summed E-state index contributed by atoms with van der Waals surface area (Å²) in [7, 11) is 1.59. The molecule has 0 aliphatic rings. The molecule has 69 valence electrons. The predicted octanol–water partition coefficient (Wildman–Crippen LogP) is 3.45. The van der Waals surface area contributed by atoms with E-state index in [1.54, 1.807) is 19.3 Å². The first-order chi connectivity index (χ1) is 6.19. The van der Waals surface area contributed by atoms with Gasteiger partial charge in [0.05, 0.1) is 12.1 Å². The van der Waals surface area contributed by atoms with Crippen molar-refractivity contribution >= 4 is 11.6 Å². The molecule has 0 aromatic heterocycles. The summed E-state index contributed by atoms with van der Waals surface area (Å²) in [6.45, 7) is 7.59. The van der Waals surface area contributed by atoms with Gasteiger partial charge in [-0.05, 0) is 24.6 Å². The summed E-state index contributed by atoms with van der Waals surface area (Å²) in [5.41, 5.74) is 1.05. The first-order valence-electron chi connectivity index (χ1n) is 3.98. The maximum Gasteiger partial charge on any atom is 0.137 e. The number of methoxy groups -OCH3 is 1. The van der Waals surface area contributed by atoms with Gasteiger partial charge >= 0.3 is 0 Å². The van der Waals surface area contributed by atoms with Gasteiger partial charge in [-0.3, -0.25) is 0 Å². The van der Waals surface area contributed by atoms with E-state index in [0.717, 1.165) is 5.56 Å². The maximum absolute atomic E-state index is 5.87. The highest BCUT2D eigenvalue weighted by Gasteiger charge is 2.05. The third-order valence-corrected chi connectivity index (χ3v) is 2.20. The van der Waals surface area contributed by atoms with Crippen LogP contribution in [0, 0.1) is 6.92 Å². The molecule has 0 N–H and O–H groups in total. The van der Waals surface area contributed by atoms with Crippen LogP contribution in [-0.4, -0.2) is 7.11 Å². The zero-order valence-electron chi connectivity index (χ0n) is 7.59. The van der Waals surface area contributed by atoms with Gasteiger partial charge in [-0.15, -0.1) is 6.58 Å². The monoisotopic (exact) mass is 195 g/mol. The second-order valence-corrected chi connectivity index (χ2v) is 3.14. The second-order valence-electron chi connectivity index (χ2n) is 2.74. The van der Waals surface area contributed by atoms with Gasteiger partial charge in [0.1, 0.15) is 5.75 Å². The van der Waals surface area contributed by atoms with E-state index < -0.39 is 0 Å². The zero-order valence-corrected chi connectivity index (χ0v) is 8.34. The quantitative estimate of drug-likeness (QED) is 0.672. The Bertz CT molecular complexity index is 307. The molecular weight excluding hydrogens is 184 g/mol. The normalized spacial score (nSPS) is 12.2. The number of rotatable bonds is 3. The number of hydrogen-bond acceptors (Lipinski definition) is 1. The van der Waals surface area contributed by atoms with E-state index in [1.165, 1.54) is 0 Å². The average molecular weight is 196 g/mol. The van der Waals surface area contributed by atoms with Crippen molar-refractivity contribution in [3.8, 4) is 5.75 Å². The number of allylic oxidation sites excluding steroid dienone is 1. The van der Waals surface area contributed by atoms with Crippen LogP contribution >= 0.6 is 11.6 Å². The van der Waals surface area contributed by atoms with Gasteiger partial charge in [0, 0.05) is 5.92 Å². The smallest absolute Gasteiger partial charge is 0.137 e. The molecule has 0 aliphatic heterocycles. The highest BCUT2D eigenvalue weighted by molar-refractivity contribution is 6.32. The van der Waals surface area contributed by atoms with E-state index in [4.69, 9.17) is 16.3 Å². The van der Waals surface area contributed by atoms with Crippen LogP contribution in [0.1, 0.15) is 11.5 Å². The van der Waals surface area contributed by atoms with E-state index >= 15 is 0 Å². The van der Waals surface area contributed by atoms with Gasteiger partial charge < -0.3 is 4.74 Å². The molecule has 0 bridgehead atoms. The third-order valence-electron chi connectivity index (χ3n) is 1.89. The molecule has 13 heavy (non-hydrogen) atoms. The third kappa shape index (κ3) is 2.25. The van der Waals surface area contributed by atoms with E-state index in [1.807, 2.05) is 12.1 Å². The number of hydrogen-bond donors (Lipinski definition) is 0. The van der Waals surface area contributed by atoms with Crippen molar-refractivity contribution < 1.29 is 4.74 Å². The van der Waals surface area contributed by atoms with Crippen LogP contribution in [0.5, 0.6) is 5.75 Å². The standard InChI is InChI=1S/C11H12ClO/c1-4-8(2)9-5-6-10(12)11(7-9)13-3/h4-8H,1-2H2,3H3. The first-order valence-corrected chi connectivity index (χ1v) is 4.36. The lowest BCUT2D eigenvalue weighted by Crippen LogP contribution is -1.91. The van der Waals surface area contributed by atoms with Gasteiger partial charge in [0.25, 0.3) is 0 Å². The molecule has 0 fully saturated rings. The Labute approximate surface area is 84.0 Å². The fraction of sp³-hybridized carbons (Fsp3) is 0.182. The summed E-state index contributed by atoms with van der Waals surface area (Å²) < 4.78 is 5.09. The van der Waals surface area contributed by atoms with Crippen molar-refractivity contribution in [1.29, 1.82) is 0 Å². The summed E-state index contributed by atoms with van der Waals surface area (Å²) in [4.78, 5) is 0. The maximum atomic E-state index is 5.87. The largest absolute Gasteiger partial charge is 0.495 e. The van der Waals surface area contributed by atoms with Crippen LogP contribution < -0.4 is 4.74 Å². The molecule has 1 unspecified atom stereocenters. The Morgan fingerprint density at radius 2 is 2.23 bits per heavy atom. The Morgan fingerprint density at radius 1 is 1.54 bits per heavy atom. The van der Waals surface area contributed by atoms with E-state index in [-0.39, 0.29) is 5.92 Å². The van der Waals surface area contributed by atoms with Crippen molar-refractivity contribution in [2.24, 2.45) is 0 Å². The molecule has 0 spiro atoms. The number of ether oxygens (including phenoxy) is 1. The molecule has 1 aromatic carbocycles. The highest BCUT2D eigenvalue weighted by atomic mass is 35.5. The van der Waals surface area contributed by atoms with Crippen LogP contribution in [0.2, 0.25) is 5.02 Å². The lowest BCUT2D eigenvalue weighted by atomic mass is 10.0. The van der Waals surface area contributed by atoms with Crippen molar-refractivity contribution in [3.05, 3.63) is 48.4 Å². The van der Waals surface area contributed by atoms with Gasteiger partial charge in [-0.2, -0.15) is 0 Å². The Hall–Kier alpha value is -0.950. The van der Waals surface area contributed by atoms with E-state index in [0.29, 0.717) is 10.8 Å². The van der Waals surface area contributed by atoms with Gasteiger partial charge in [0.15, 0.2) is 0 Å². The molecule has 1 aromatic rings.